The lowest BCUT2D eigenvalue weighted by Gasteiger charge is -2.36. The number of hydrogen-bond acceptors (Lipinski definition) is 5. The highest BCUT2D eigenvalue weighted by molar-refractivity contribution is 6.00. The molecular weight excluding hydrogens is 416 g/mol. The maximum atomic E-state index is 13.4. The minimum atomic E-state index is -0.0473. The summed E-state index contributed by atoms with van der Waals surface area (Å²) in [6.07, 6.45) is 4.23. The van der Waals surface area contributed by atoms with E-state index in [2.05, 4.69) is 17.6 Å². The number of ether oxygens (including phenoxy) is 1. The maximum absolute atomic E-state index is 13.4. The zero-order chi connectivity index (χ0) is 23.3. The van der Waals surface area contributed by atoms with Crippen LogP contribution in [0, 0.1) is 17.2 Å². The van der Waals surface area contributed by atoms with Crippen LogP contribution in [0.15, 0.2) is 24.3 Å². The number of imidazole rings is 1. The zero-order valence-corrected chi connectivity index (χ0v) is 19.4. The third-order valence-electron chi connectivity index (χ3n) is 7.04. The van der Waals surface area contributed by atoms with Crippen LogP contribution in [0.5, 0.6) is 5.75 Å². The van der Waals surface area contributed by atoms with E-state index in [0.717, 1.165) is 36.4 Å². The van der Waals surface area contributed by atoms with Crippen LogP contribution >= 0.6 is 0 Å². The van der Waals surface area contributed by atoms with Crippen LogP contribution in [-0.2, 0) is 13.6 Å². The van der Waals surface area contributed by atoms with Crippen LogP contribution in [0.25, 0.3) is 22.6 Å². The number of nitrogens with two attached hydrogens (primary N) is 1. The molecule has 0 spiro atoms. The first kappa shape index (κ1) is 21.5. The molecule has 1 aliphatic carbocycles. The average molecular weight is 447 g/mol. The van der Waals surface area contributed by atoms with E-state index in [1.807, 2.05) is 34.7 Å². The molecule has 2 N–H and O–H groups in total. The van der Waals surface area contributed by atoms with E-state index in [-0.39, 0.29) is 18.0 Å². The molecule has 8 heteroatoms. The van der Waals surface area contributed by atoms with Crippen molar-refractivity contribution in [3.8, 4) is 23.3 Å². The second-order valence-electron chi connectivity index (χ2n) is 9.45. The molecule has 172 valence electrons. The summed E-state index contributed by atoms with van der Waals surface area (Å²) in [6, 6.07) is 9.90. The van der Waals surface area contributed by atoms with Gasteiger partial charge in [0.05, 0.1) is 18.3 Å². The molecule has 0 radical (unpaired) electrons. The summed E-state index contributed by atoms with van der Waals surface area (Å²) >= 11 is 0. The number of amides is 1. The van der Waals surface area contributed by atoms with Crippen molar-refractivity contribution < 1.29 is 9.53 Å². The highest BCUT2D eigenvalue weighted by Crippen LogP contribution is 2.36. The highest BCUT2D eigenvalue weighted by atomic mass is 16.5. The van der Waals surface area contributed by atoms with Crippen LogP contribution in [0.3, 0.4) is 0 Å². The van der Waals surface area contributed by atoms with Crippen molar-refractivity contribution in [3.05, 3.63) is 35.5 Å². The molecule has 1 aromatic carbocycles. The molecule has 33 heavy (non-hydrogen) atoms. The van der Waals surface area contributed by atoms with Gasteiger partial charge in [0.2, 0.25) is 0 Å². The van der Waals surface area contributed by atoms with Crippen molar-refractivity contribution >= 4 is 16.9 Å². The maximum Gasteiger partial charge on any atom is 0.254 e. The fourth-order valence-corrected chi connectivity index (χ4v) is 4.92. The number of fused-ring (bicyclic) bond motifs is 1. The predicted octanol–water partition coefficient (Wildman–Crippen LogP) is 3.28. The average Bonchev–Trinajstić information content (AvgIpc) is 3.46. The summed E-state index contributed by atoms with van der Waals surface area (Å²) < 4.78 is 9.75. The number of nitrogens with zero attached hydrogens (tertiary/aromatic N) is 5. The minimum absolute atomic E-state index is 0.00538. The van der Waals surface area contributed by atoms with Crippen molar-refractivity contribution in [1.29, 1.82) is 5.26 Å². The Morgan fingerprint density at radius 2 is 2.06 bits per heavy atom. The largest absolute Gasteiger partial charge is 0.494 e. The fraction of sp³-hybridized carbons (Fsp3) is 0.480. The molecule has 3 heterocycles. The molecule has 1 amide bonds. The second kappa shape index (κ2) is 8.23. The molecule has 2 aromatic heterocycles. The molecule has 1 aliphatic heterocycles. The predicted molar refractivity (Wildman–Crippen MR) is 126 cm³/mol. The summed E-state index contributed by atoms with van der Waals surface area (Å²) in [5.74, 6) is 1.93. The summed E-state index contributed by atoms with van der Waals surface area (Å²) in [7, 11) is 3.56. The second-order valence-corrected chi connectivity index (χ2v) is 9.45. The van der Waals surface area contributed by atoms with E-state index < -0.39 is 0 Å². The van der Waals surface area contributed by atoms with Crippen LogP contribution in [0.4, 0.5) is 0 Å². The number of rotatable bonds is 5. The highest BCUT2D eigenvalue weighted by Gasteiger charge is 2.30. The van der Waals surface area contributed by atoms with Crippen molar-refractivity contribution in [2.24, 2.45) is 18.7 Å². The van der Waals surface area contributed by atoms with Gasteiger partial charge in [-0.15, -0.1) is 0 Å². The molecule has 8 nitrogen and oxygen atoms in total. The third-order valence-corrected chi connectivity index (χ3v) is 7.04. The molecule has 0 bridgehead atoms. The first-order chi connectivity index (χ1) is 15.9. The number of piperidine rings is 1. The van der Waals surface area contributed by atoms with Gasteiger partial charge in [-0.25, -0.2) is 4.98 Å². The molecular formula is C25H30N6O2. The number of aryl methyl sites for hydroxylation is 1. The van der Waals surface area contributed by atoms with Gasteiger partial charge in [-0.3, -0.25) is 4.79 Å². The van der Waals surface area contributed by atoms with Crippen molar-refractivity contribution in [2.45, 2.75) is 51.2 Å². The Balaban J connectivity index is 1.59. The Morgan fingerprint density at radius 1 is 1.27 bits per heavy atom. The number of nitriles is 1. The first-order valence-electron chi connectivity index (χ1n) is 11.6. The SMILES string of the molecule is COc1cc(C(=O)N2C[C@H](N)CC[C@@H]2C)cc2nc(-c3ccc(C#N)n3CC3CC3)n(C)c12. The van der Waals surface area contributed by atoms with E-state index in [1.54, 1.807) is 13.2 Å². The van der Waals surface area contributed by atoms with Crippen molar-refractivity contribution in [1.82, 2.24) is 19.0 Å². The topological polar surface area (TPSA) is 102 Å². The van der Waals surface area contributed by atoms with Gasteiger partial charge in [0.15, 0.2) is 5.82 Å². The van der Waals surface area contributed by atoms with Gasteiger partial charge in [0.25, 0.3) is 5.91 Å². The molecule has 1 saturated carbocycles. The van der Waals surface area contributed by atoms with Gasteiger partial charge in [0, 0.05) is 37.8 Å². The number of hydrogen-bond donors (Lipinski definition) is 1. The number of aromatic nitrogens is 3. The lowest BCUT2D eigenvalue weighted by atomic mass is 9.99. The minimum Gasteiger partial charge on any atom is -0.494 e. The number of carbonyl (C=O) groups is 1. The Bertz CT molecular complexity index is 1260. The summed E-state index contributed by atoms with van der Waals surface area (Å²) in [4.78, 5) is 20.2. The van der Waals surface area contributed by atoms with Crippen LogP contribution in [0.2, 0.25) is 0 Å². The number of methoxy groups -OCH3 is 1. The summed E-state index contributed by atoms with van der Waals surface area (Å²) in [5, 5.41) is 9.60. The van der Waals surface area contributed by atoms with Gasteiger partial charge >= 0.3 is 0 Å². The van der Waals surface area contributed by atoms with Crippen LogP contribution < -0.4 is 10.5 Å². The molecule has 1 saturated heterocycles. The van der Waals surface area contributed by atoms with Crippen molar-refractivity contribution in [3.63, 3.8) is 0 Å². The van der Waals surface area contributed by atoms with E-state index in [4.69, 9.17) is 15.5 Å². The van der Waals surface area contributed by atoms with Crippen molar-refractivity contribution in [2.75, 3.05) is 13.7 Å². The van der Waals surface area contributed by atoms with E-state index in [9.17, 15) is 10.1 Å². The van der Waals surface area contributed by atoms with E-state index in [0.29, 0.717) is 35.0 Å². The Morgan fingerprint density at radius 3 is 2.76 bits per heavy atom. The quantitative estimate of drug-likeness (QED) is 0.648. The van der Waals surface area contributed by atoms with Gasteiger partial charge in [0.1, 0.15) is 23.0 Å². The molecule has 2 aliphatic rings. The first-order valence-corrected chi connectivity index (χ1v) is 11.6. The lowest BCUT2D eigenvalue weighted by molar-refractivity contribution is 0.0612. The smallest absolute Gasteiger partial charge is 0.254 e. The van der Waals surface area contributed by atoms with Crippen LogP contribution in [0.1, 0.15) is 48.7 Å². The Labute approximate surface area is 193 Å². The van der Waals surface area contributed by atoms with E-state index in [1.165, 1.54) is 12.8 Å². The van der Waals surface area contributed by atoms with Gasteiger partial charge in [-0.05, 0) is 62.8 Å². The fourth-order valence-electron chi connectivity index (χ4n) is 4.92. The number of carbonyl (C=O) groups excluding carboxylic acids is 1. The van der Waals surface area contributed by atoms with Gasteiger partial charge in [-0.2, -0.15) is 5.26 Å². The zero-order valence-electron chi connectivity index (χ0n) is 19.4. The molecule has 0 unspecified atom stereocenters. The van der Waals surface area contributed by atoms with Gasteiger partial charge < -0.3 is 24.5 Å². The van der Waals surface area contributed by atoms with Gasteiger partial charge in [-0.1, -0.05) is 0 Å². The van der Waals surface area contributed by atoms with Crippen LogP contribution in [-0.4, -0.2) is 50.7 Å². The Hall–Kier alpha value is -3.31. The normalized spacial score (nSPS) is 20.8. The summed E-state index contributed by atoms with van der Waals surface area (Å²) in [6.45, 7) is 3.45. The monoisotopic (exact) mass is 446 g/mol. The number of likely N-dealkylation sites (tertiary alicyclic amines) is 1. The molecule has 3 aromatic rings. The molecule has 2 atom stereocenters. The lowest BCUT2D eigenvalue weighted by Crippen LogP contribution is -2.50. The summed E-state index contributed by atoms with van der Waals surface area (Å²) in [5.41, 5.74) is 9.76. The molecule has 5 rings (SSSR count). The molecule has 2 fully saturated rings. The Kier molecular flexibility index (Phi) is 5.37. The third kappa shape index (κ3) is 3.76. The standard InChI is InChI=1S/C25H30N6O2/c1-15-4-7-18(27)14-30(15)25(32)17-10-20-23(22(11-17)33-3)29(2)24(28-20)21-9-8-19(12-26)31(21)13-16-5-6-16/h8-11,15-16,18H,4-7,13-14,27H2,1-3H3/t15-,18+/m0/s1. The van der Waals surface area contributed by atoms with E-state index >= 15 is 0 Å². The number of benzene rings is 1.